The maximum Gasteiger partial charge on any atom is 0.255 e. The third kappa shape index (κ3) is 3.11. The standard InChI is InChI=1S/C16H16ClNO2/c1-10-5-4-6-12(7-10)16(19)18-14-8-11(2)13(17)9-15(14)20-3/h4-9H,1-3H3,(H,18,19). The van der Waals surface area contributed by atoms with Gasteiger partial charge in [0.25, 0.3) is 5.91 Å². The lowest BCUT2D eigenvalue weighted by molar-refractivity contribution is 0.102. The van der Waals surface area contributed by atoms with Crippen LogP contribution in [0, 0.1) is 13.8 Å². The molecule has 0 aliphatic rings. The highest BCUT2D eigenvalue weighted by Crippen LogP contribution is 2.31. The van der Waals surface area contributed by atoms with E-state index < -0.39 is 0 Å². The number of rotatable bonds is 3. The molecule has 0 fully saturated rings. The number of hydrogen-bond acceptors (Lipinski definition) is 2. The van der Waals surface area contributed by atoms with Gasteiger partial charge < -0.3 is 10.1 Å². The zero-order valence-corrected chi connectivity index (χ0v) is 12.4. The molecule has 0 saturated heterocycles. The fourth-order valence-corrected chi connectivity index (χ4v) is 2.06. The summed E-state index contributed by atoms with van der Waals surface area (Å²) in [6.07, 6.45) is 0. The quantitative estimate of drug-likeness (QED) is 0.919. The van der Waals surface area contributed by atoms with E-state index in [4.69, 9.17) is 16.3 Å². The summed E-state index contributed by atoms with van der Waals surface area (Å²) in [7, 11) is 1.54. The molecule has 2 rings (SSSR count). The fourth-order valence-electron chi connectivity index (χ4n) is 1.91. The van der Waals surface area contributed by atoms with Crippen molar-refractivity contribution in [2.75, 3.05) is 12.4 Å². The third-order valence-electron chi connectivity index (χ3n) is 3.01. The second-order valence-corrected chi connectivity index (χ2v) is 5.03. The normalized spacial score (nSPS) is 10.2. The number of anilines is 1. The lowest BCUT2D eigenvalue weighted by Gasteiger charge is -2.12. The molecule has 20 heavy (non-hydrogen) atoms. The van der Waals surface area contributed by atoms with Crippen molar-refractivity contribution in [1.82, 2.24) is 0 Å². The molecule has 104 valence electrons. The van der Waals surface area contributed by atoms with E-state index >= 15 is 0 Å². The van der Waals surface area contributed by atoms with Crippen molar-refractivity contribution in [2.24, 2.45) is 0 Å². The molecule has 0 unspecified atom stereocenters. The van der Waals surface area contributed by atoms with Crippen LogP contribution in [0.3, 0.4) is 0 Å². The molecule has 2 aromatic rings. The predicted molar refractivity (Wildman–Crippen MR) is 81.9 cm³/mol. The number of amides is 1. The highest BCUT2D eigenvalue weighted by molar-refractivity contribution is 6.31. The van der Waals surface area contributed by atoms with Crippen molar-refractivity contribution in [3.63, 3.8) is 0 Å². The summed E-state index contributed by atoms with van der Waals surface area (Å²) in [6.45, 7) is 3.83. The van der Waals surface area contributed by atoms with Gasteiger partial charge in [-0.05, 0) is 37.6 Å². The van der Waals surface area contributed by atoms with E-state index in [0.29, 0.717) is 22.0 Å². The molecule has 0 spiro atoms. The van der Waals surface area contributed by atoms with Crippen LogP contribution in [-0.2, 0) is 0 Å². The zero-order valence-electron chi connectivity index (χ0n) is 11.7. The number of carbonyl (C=O) groups excluding carboxylic acids is 1. The lowest BCUT2D eigenvalue weighted by Crippen LogP contribution is -2.13. The van der Waals surface area contributed by atoms with E-state index in [-0.39, 0.29) is 5.91 Å². The monoisotopic (exact) mass is 289 g/mol. The third-order valence-corrected chi connectivity index (χ3v) is 3.42. The molecule has 2 aromatic carbocycles. The molecular weight excluding hydrogens is 274 g/mol. The Hall–Kier alpha value is -2.00. The predicted octanol–water partition coefficient (Wildman–Crippen LogP) is 4.22. The minimum atomic E-state index is -0.172. The number of ether oxygens (including phenoxy) is 1. The number of halogens is 1. The summed E-state index contributed by atoms with van der Waals surface area (Å²) in [5.41, 5.74) is 3.14. The summed E-state index contributed by atoms with van der Waals surface area (Å²) in [4.78, 5) is 12.2. The Morgan fingerprint density at radius 3 is 2.60 bits per heavy atom. The number of methoxy groups -OCH3 is 1. The van der Waals surface area contributed by atoms with Crippen LogP contribution in [0.1, 0.15) is 21.5 Å². The van der Waals surface area contributed by atoms with Gasteiger partial charge in [0.1, 0.15) is 5.75 Å². The van der Waals surface area contributed by atoms with Crippen molar-refractivity contribution in [3.05, 3.63) is 58.1 Å². The molecule has 1 amide bonds. The van der Waals surface area contributed by atoms with Gasteiger partial charge in [-0.3, -0.25) is 4.79 Å². The van der Waals surface area contributed by atoms with E-state index in [9.17, 15) is 4.79 Å². The smallest absolute Gasteiger partial charge is 0.255 e. The average Bonchev–Trinajstić information content (AvgIpc) is 2.42. The first-order valence-electron chi connectivity index (χ1n) is 6.23. The number of carbonyl (C=O) groups is 1. The number of nitrogens with one attached hydrogen (secondary N) is 1. The number of hydrogen-bond donors (Lipinski definition) is 1. The maximum absolute atomic E-state index is 12.2. The molecule has 0 aliphatic heterocycles. The summed E-state index contributed by atoms with van der Waals surface area (Å²) in [5, 5.41) is 3.46. The molecule has 0 saturated carbocycles. The highest BCUT2D eigenvalue weighted by Gasteiger charge is 2.11. The van der Waals surface area contributed by atoms with Crippen molar-refractivity contribution >= 4 is 23.2 Å². The van der Waals surface area contributed by atoms with Crippen LogP contribution in [0.15, 0.2) is 36.4 Å². The molecule has 3 nitrogen and oxygen atoms in total. The molecule has 1 N–H and O–H groups in total. The first kappa shape index (κ1) is 14.4. The van der Waals surface area contributed by atoms with Gasteiger partial charge in [-0.1, -0.05) is 29.3 Å². The van der Waals surface area contributed by atoms with Crippen molar-refractivity contribution in [1.29, 1.82) is 0 Å². The zero-order chi connectivity index (χ0) is 14.7. The average molecular weight is 290 g/mol. The van der Waals surface area contributed by atoms with E-state index in [1.54, 1.807) is 25.3 Å². The van der Waals surface area contributed by atoms with Crippen molar-refractivity contribution in [2.45, 2.75) is 13.8 Å². The molecule has 0 heterocycles. The first-order valence-corrected chi connectivity index (χ1v) is 6.61. The molecular formula is C16H16ClNO2. The molecule has 0 aliphatic carbocycles. The van der Waals surface area contributed by atoms with Gasteiger partial charge in [0.05, 0.1) is 12.8 Å². The fraction of sp³-hybridized carbons (Fsp3) is 0.188. The second-order valence-electron chi connectivity index (χ2n) is 4.63. The lowest BCUT2D eigenvalue weighted by atomic mass is 10.1. The minimum absolute atomic E-state index is 0.172. The summed E-state index contributed by atoms with van der Waals surface area (Å²) in [5.74, 6) is 0.371. The number of aryl methyl sites for hydroxylation is 2. The van der Waals surface area contributed by atoms with Crippen LogP contribution < -0.4 is 10.1 Å². The minimum Gasteiger partial charge on any atom is -0.495 e. The van der Waals surface area contributed by atoms with Crippen LogP contribution in [0.25, 0.3) is 0 Å². The molecule has 0 radical (unpaired) electrons. The molecule has 0 aromatic heterocycles. The maximum atomic E-state index is 12.2. The van der Waals surface area contributed by atoms with Crippen LogP contribution >= 0.6 is 11.6 Å². The summed E-state index contributed by atoms with van der Waals surface area (Å²) >= 11 is 6.05. The van der Waals surface area contributed by atoms with Crippen LogP contribution in [0.5, 0.6) is 5.75 Å². The SMILES string of the molecule is COc1cc(Cl)c(C)cc1NC(=O)c1cccc(C)c1. The van der Waals surface area contributed by atoms with E-state index in [1.807, 2.05) is 32.0 Å². The highest BCUT2D eigenvalue weighted by atomic mass is 35.5. The Kier molecular flexibility index (Phi) is 4.30. The Morgan fingerprint density at radius 2 is 1.95 bits per heavy atom. The second kappa shape index (κ2) is 5.97. The van der Waals surface area contributed by atoms with Gasteiger partial charge in [0, 0.05) is 16.7 Å². The van der Waals surface area contributed by atoms with Gasteiger partial charge in [-0.25, -0.2) is 0 Å². The molecule has 0 atom stereocenters. The summed E-state index contributed by atoms with van der Waals surface area (Å²) < 4.78 is 5.24. The topological polar surface area (TPSA) is 38.3 Å². The first-order chi connectivity index (χ1) is 9.51. The van der Waals surface area contributed by atoms with Crippen LogP contribution in [-0.4, -0.2) is 13.0 Å². The van der Waals surface area contributed by atoms with Gasteiger partial charge in [-0.2, -0.15) is 0 Å². The number of benzene rings is 2. The van der Waals surface area contributed by atoms with Crippen LogP contribution in [0.4, 0.5) is 5.69 Å². The summed E-state index contributed by atoms with van der Waals surface area (Å²) in [6, 6.07) is 10.9. The molecule has 0 bridgehead atoms. The van der Waals surface area contributed by atoms with Gasteiger partial charge in [0.15, 0.2) is 0 Å². The van der Waals surface area contributed by atoms with Gasteiger partial charge in [0.2, 0.25) is 0 Å². The van der Waals surface area contributed by atoms with Gasteiger partial charge in [-0.15, -0.1) is 0 Å². The van der Waals surface area contributed by atoms with Crippen molar-refractivity contribution in [3.8, 4) is 5.75 Å². The van der Waals surface area contributed by atoms with E-state index in [1.165, 1.54) is 0 Å². The van der Waals surface area contributed by atoms with Crippen LogP contribution in [0.2, 0.25) is 5.02 Å². The Morgan fingerprint density at radius 1 is 1.20 bits per heavy atom. The van der Waals surface area contributed by atoms with E-state index in [0.717, 1.165) is 11.1 Å². The Labute approximate surface area is 123 Å². The largest absolute Gasteiger partial charge is 0.495 e. The molecule has 4 heteroatoms. The Balaban J connectivity index is 2.30. The Bertz CT molecular complexity index is 653. The van der Waals surface area contributed by atoms with Gasteiger partial charge >= 0.3 is 0 Å². The van der Waals surface area contributed by atoms with Crippen molar-refractivity contribution < 1.29 is 9.53 Å². The van der Waals surface area contributed by atoms with E-state index in [2.05, 4.69) is 5.32 Å².